The molecule has 0 saturated heterocycles. The summed E-state index contributed by atoms with van der Waals surface area (Å²) in [6, 6.07) is 17.6. The first kappa shape index (κ1) is 38.3. The fraction of sp³-hybridized carbons (Fsp3) is 0.316. The summed E-state index contributed by atoms with van der Waals surface area (Å²) in [6.45, 7) is 2.12. The SMILES string of the molecule is CSC1=C(SC)SC(=C2SC(SCCCC[n+]3ccc(-c4cc[n+](C)cc4)cc3)=C(SCCCC[n+]3ccc(-c4cc[n+](C)cc4)cc3)S2)S1. The Bertz CT molecular complexity index is 1690. The smallest absolute Gasteiger partial charge is 0.169 e. The molecule has 4 aromatic heterocycles. The second kappa shape index (κ2) is 19.6. The quantitative estimate of drug-likeness (QED) is 0.0811. The van der Waals surface area contributed by atoms with Gasteiger partial charge in [0.1, 0.15) is 27.2 Å². The lowest BCUT2D eigenvalue weighted by Gasteiger charge is -2.05. The maximum atomic E-state index is 2.32. The molecule has 0 unspecified atom stereocenters. The molecule has 4 aromatic rings. The van der Waals surface area contributed by atoms with Crippen LogP contribution in [0.4, 0.5) is 0 Å². The van der Waals surface area contributed by atoms with Crippen molar-refractivity contribution >= 4 is 94.1 Å². The van der Waals surface area contributed by atoms with Crippen molar-refractivity contribution < 1.29 is 18.3 Å². The second-order valence-electron chi connectivity index (χ2n) is 11.8. The van der Waals surface area contributed by atoms with Gasteiger partial charge >= 0.3 is 0 Å². The van der Waals surface area contributed by atoms with E-state index >= 15 is 0 Å². The minimum absolute atomic E-state index is 1.06. The van der Waals surface area contributed by atoms with Gasteiger partial charge in [-0.3, -0.25) is 0 Å². The van der Waals surface area contributed by atoms with E-state index < -0.39 is 0 Å². The highest BCUT2D eigenvalue weighted by Gasteiger charge is 2.30. The van der Waals surface area contributed by atoms with E-state index in [0.717, 1.165) is 24.6 Å². The van der Waals surface area contributed by atoms with E-state index in [1.165, 1.54) is 73.4 Å². The molecule has 260 valence electrons. The van der Waals surface area contributed by atoms with Crippen LogP contribution in [-0.2, 0) is 27.2 Å². The second-order valence-corrected chi connectivity index (χ2v) is 21.3. The molecule has 2 aliphatic heterocycles. The van der Waals surface area contributed by atoms with Gasteiger partial charge in [0.25, 0.3) is 0 Å². The van der Waals surface area contributed by atoms with Gasteiger partial charge in [-0.05, 0) is 59.1 Å². The molecule has 0 aromatic carbocycles. The molecular formula is C38H44N4S8+4. The summed E-state index contributed by atoms with van der Waals surface area (Å²) in [5, 5.41) is 0. The van der Waals surface area contributed by atoms with E-state index in [4.69, 9.17) is 0 Å². The maximum Gasteiger partial charge on any atom is 0.169 e. The van der Waals surface area contributed by atoms with E-state index in [1.807, 2.05) is 70.6 Å². The van der Waals surface area contributed by atoms with E-state index in [1.54, 1.807) is 0 Å². The minimum atomic E-state index is 1.06. The summed E-state index contributed by atoms with van der Waals surface area (Å²) in [6.07, 6.45) is 26.5. The Balaban J connectivity index is 0.985. The zero-order valence-electron chi connectivity index (χ0n) is 28.9. The number of aryl methyl sites for hydroxylation is 4. The molecular weight excluding hydrogens is 769 g/mol. The summed E-state index contributed by atoms with van der Waals surface area (Å²) in [7, 11) is 4.11. The number of thioether (sulfide) groups is 8. The van der Waals surface area contributed by atoms with Gasteiger partial charge in [-0.25, -0.2) is 18.3 Å². The summed E-state index contributed by atoms with van der Waals surface area (Å²) in [5.74, 6) is 2.32. The number of nitrogens with zero attached hydrogens (tertiary/aromatic N) is 4. The van der Waals surface area contributed by atoms with Crippen LogP contribution in [-0.4, -0.2) is 24.0 Å². The van der Waals surface area contributed by atoms with Crippen molar-refractivity contribution in [2.75, 3.05) is 24.0 Å². The van der Waals surface area contributed by atoms with Crippen LogP contribution in [0.5, 0.6) is 0 Å². The molecule has 2 aliphatic rings. The lowest BCUT2D eigenvalue weighted by molar-refractivity contribution is -0.697. The monoisotopic (exact) mass is 812 g/mol. The average molecular weight is 813 g/mol. The Morgan fingerprint density at radius 2 is 0.760 bits per heavy atom. The van der Waals surface area contributed by atoms with Gasteiger partial charge in [-0.1, -0.05) is 47.0 Å². The van der Waals surface area contributed by atoms with Crippen molar-refractivity contribution in [3.63, 3.8) is 0 Å². The Morgan fingerprint density at radius 3 is 1.10 bits per heavy atom. The van der Waals surface area contributed by atoms with Gasteiger partial charge < -0.3 is 0 Å². The van der Waals surface area contributed by atoms with E-state index in [0.29, 0.717) is 0 Å². The summed E-state index contributed by atoms with van der Waals surface area (Å²) in [5.41, 5.74) is 5.06. The molecule has 6 rings (SSSR count). The van der Waals surface area contributed by atoms with Crippen molar-refractivity contribution in [1.29, 1.82) is 0 Å². The third kappa shape index (κ3) is 10.8. The summed E-state index contributed by atoms with van der Waals surface area (Å²) >= 11 is 15.9. The van der Waals surface area contributed by atoms with Crippen molar-refractivity contribution in [2.45, 2.75) is 38.8 Å². The Morgan fingerprint density at radius 1 is 0.440 bits per heavy atom. The van der Waals surface area contributed by atoms with Crippen molar-refractivity contribution in [1.82, 2.24) is 0 Å². The molecule has 4 nitrogen and oxygen atoms in total. The lowest BCUT2D eigenvalue weighted by Crippen LogP contribution is -2.32. The lowest BCUT2D eigenvalue weighted by atomic mass is 10.1. The first-order chi connectivity index (χ1) is 24.5. The van der Waals surface area contributed by atoms with Gasteiger partial charge in [0.15, 0.2) is 49.6 Å². The van der Waals surface area contributed by atoms with Crippen LogP contribution in [0.15, 0.2) is 124 Å². The fourth-order valence-corrected chi connectivity index (χ4v) is 16.5. The molecule has 0 radical (unpaired) electrons. The number of pyridine rings is 4. The van der Waals surface area contributed by atoms with Crippen LogP contribution in [0.2, 0.25) is 0 Å². The van der Waals surface area contributed by atoms with Crippen molar-refractivity contribution in [3.05, 3.63) is 124 Å². The van der Waals surface area contributed by atoms with Crippen molar-refractivity contribution in [3.8, 4) is 22.3 Å². The van der Waals surface area contributed by atoms with Crippen LogP contribution in [0.25, 0.3) is 22.3 Å². The number of rotatable bonds is 16. The third-order valence-electron chi connectivity index (χ3n) is 8.11. The van der Waals surface area contributed by atoms with Crippen LogP contribution >= 0.6 is 94.1 Å². The Labute approximate surface area is 332 Å². The van der Waals surface area contributed by atoms with Crippen LogP contribution in [0.3, 0.4) is 0 Å². The normalized spacial score (nSPS) is 14.8. The first-order valence-electron chi connectivity index (χ1n) is 16.7. The molecule has 0 atom stereocenters. The molecule has 6 heterocycles. The van der Waals surface area contributed by atoms with Gasteiger partial charge in [-0.15, -0.1) is 47.0 Å². The van der Waals surface area contributed by atoms with E-state index in [2.05, 4.69) is 167 Å². The molecule has 0 saturated carbocycles. The Kier molecular flexibility index (Phi) is 15.1. The molecule has 50 heavy (non-hydrogen) atoms. The van der Waals surface area contributed by atoms with Crippen LogP contribution in [0.1, 0.15) is 25.7 Å². The first-order valence-corrected chi connectivity index (χ1v) is 24.3. The molecule has 0 fully saturated rings. The zero-order chi connectivity index (χ0) is 34.7. The van der Waals surface area contributed by atoms with Gasteiger partial charge in [0.05, 0.1) is 25.4 Å². The zero-order valence-corrected chi connectivity index (χ0v) is 35.5. The van der Waals surface area contributed by atoms with Crippen LogP contribution < -0.4 is 18.3 Å². The highest BCUT2D eigenvalue weighted by Crippen LogP contribution is 2.65. The molecule has 0 aliphatic carbocycles. The average Bonchev–Trinajstić information content (AvgIpc) is 3.76. The molecule has 0 bridgehead atoms. The van der Waals surface area contributed by atoms with Crippen molar-refractivity contribution in [2.24, 2.45) is 14.1 Å². The molecule has 0 N–H and O–H groups in total. The van der Waals surface area contributed by atoms with Gasteiger partial charge in [0.2, 0.25) is 0 Å². The molecule has 12 heteroatoms. The van der Waals surface area contributed by atoms with Crippen LogP contribution in [0, 0.1) is 0 Å². The third-order valence-corrected chi connectivity index (χ3v) is 19.5. The van der Waals surface area contributed by atoms with Gasteiger partial charge in [0, 0.05) is 61.4 Å². The fourth-order valence-electron chi connectivity index (χ4n) is 5.25. The highest BCUT2D eigenvalue weighted by molar-refractivity contribution is 8.45. The predicted octanol–water partition coefficient (Wildman–Crippen LogP) is 10.0. The van der Waals surface area contributed by atoms with E-state index in [9.17, 15) is 0 Å². The Hall–Kier alpha value is -1.38. The number of aromatic nitrogens is 4. The number of hydrogen-bond acceptors (Lipinski definition) is 8. The maximum absolute atomic E-state index is 2.32. The largest absolute Gasteiger partial charge is 0.208 e. The summed E-state index contributed by atoms with van der Waals surface area (Å²) < 4.78 is 17.7. The molecule has 0 amide bonds. The van der Waals surface area contributed by atoms with E-state index in [-0.39, 0.29) is 0 Å². The predicted molar refractivity (Wildman–Crippen MR) is 228 cm³/mol. The number of unbranched alkanes of at least 4 members (excludes halogenated alkanes) is 2. The standard InChI is InChI=1S/C38H44N4S8/c1-39-19-9-29(10-20-39)31-13-23-41(24-14-31)17-5-7-27-45-35-36(50-38(49-35)37-47-33(43-3)34(44-4)48-37)46-28-8-6-18-42-25-15-32(16-26-42)30-11-21-40(2)22-12-30/h9-16,19-26H,5-8,17-18,27-28H2,1-4H3/q+4. The topological polar surface area (TPSA) is 15.5 Å². The summed E-state index contributed by atoms with van der Waals surface area (Å²) in [4.78, 5) is 0. The minimum Gasteiger partial charge on any atom is -0.208 e. The number of hydrogen-bond donors (Lipinski definition) is 0. The van der Waals surface area contributed by atoms with Gasteiger partial charge in [-0.2, -0.15) is 0 Å². The highest BCUT2D eigenvalue weighted by atomic mass is 32.3. The molecule has 0 spiro atoms.